The Balaban J connectivity index is 0.00000200. The molecule has 0 spiro atoms. The van der Waals surface area contributed by atoms with Gasteiger partial charge in [0.15, 0.2) is 9.58 Å². The normalized spacial score (nSPS) is 13.4. The van der Waals surface area contributed by atoms with E-state index in [1.807, 2.05) is 32.9 Å². The Morgan fingerprint density at radius 1 is 1.05 bits per heavy atom. The number of halogens is 4. The Labute approximate surface area is 126 Å². The third-order valence-electron chi connectivity index (χ3n) is 3.26. The summed E-state index contributed by atoms with van der Waals surface area (Å²) in [6.45, 7) is 7.84. The summed E-state index contributed by atoms with van der Waals surface area (Å²) in [7, 11) is -1.74. The third-order valence-corrected chi connectivity index (χ3v) is 5.45. The average Bonchev–Trinajstić information content (AvgIpc) is 2.64. The largest absolute Gasteiger partial charge is 0.600 e. The van der Waals surface area contributed by atoms with Crippen LogP contribution in [0.1, 0.15) is 38.1 Å². The van der Waals surface area contributed by atoms with Gasteiger partial charge in [0, 0.05) is 23.9 Å². The Morgan fingerprint density at radius 2 is 1.65 bits per heavy atom. The summed E-state index contributed by atoms with van der Waals surface area (Å²) >= 11 is 0. The molecule has 2 rings (SSSR count). The monoisotopic (exact) mass is 323 g/mol. The van der Waals surface area contributed by atoms with Crippen LogP contribution >= 0.6 is 22.9 Å². The summed E-state index contributed by atoms with van der Waals surface area (Å²) in [5.41, 5.74) is -3.35. The van der Waals surface area contributed by atoms with E-state index in [4.69, 9.17) is 0 Å². The van der Waals surface area contributed by atoms with Crippen molar-refractivity contribution in [2.45, 2.75) is 45.0 Å². The first-order valence-corrected chi connectivity index (χ1v) is 7.53. The summed E-state index contributed by atoms with van der Waals surface area (Å²) < 4.78 is 40.3. The van der Waals surface area contributed by atoms with Crippen LogP contribution in [-0.4, -0.2) is 0 Å². The minimum atomic E-state index is -4.18. The van der Waals surface area contributed by atoms with Crippen LogP contribution in [0.4, 0.5) is 13.2 Å². The fourth-order valence-electron chi connectivity index (χ4n) is 2.19. The van der Waals surface area contributed by atoms with Crippen molar-refractivity contribution >= 4 is 33.0 Å². The van der Waals surface area contributed by atoms with Crippen LogP contribution in [0.5, 0.6) is 0 Å². The van der Waals surface area contributed by atoms with Gasteiger partial charge in [-0.05, 0) is 17.0 Å². The second-order valence-corrected chi connectivity index (χ2v) is 7.76. The predicted octanol–water partition coefficient (Wildman–Crippen LogP) is 6.35. The first kappa shape index (κ1) is 17.3. The number of aryl methyl sites for hydroxylation is 1. The summed E-state index contributed by atoms with van der Waals surface area (Å²) in [4.78, 5) is 0.494. The van der Waals surface area contributed by atoms with E-state index in [9.17, 15) is 13.2 Å². The molecule has 0 aliphatic heterocycles. The van der Waals surface area contributed by atoms with Crippen molar-refractivity contribution in [3.8, 4) is 0 Å². The van der Waals surface area contributed by atoms with Gasteiger partial charge < -0.3 is 0 Å². The molecule has 0 bridgehead atoms. The fourth-order valence-corrected chi connectivity index (χ4v) is 4.16. The molecule has 0 fully saturated rings. The Morgan fingerprint density at radius 3 is 2.10 bits per heavy atom. The Kier molecular flexibility index (Phi) is 4.82. The van der Waals surface area contributed by atoms with E-state index in [0.29, 0.717) is 16.0 Å². The molecule has 0 saturated carbocycles. The maximum absolute atomic E-state index is 13.3. The Hall–Kier alpha value is -0.740. The summed E-state index contributed by atoms with van der Waals surface area (Å²) in [6.07, 6.45) is 0.447. The summed E-state index contributed by atoms with van der Waals surface area (Å²) in [5, 5.41) is 0.727. The van der Waals surface area contributed by atoms with Gasteiger partial charge in [-0.25, -0.2) is 0 Å². The number of rotatable bonds is 1. The molecular weight excluding hydrogens is 305 g/mol. The lowest BCUT2D eigenvalue weighted by atomic mass is 9.87. The molecule has 0 aliphatic carbocycles. The van der Waals surface area contributed by atoms with Gasteiger partial charge in [0.25, 0.3) is 0 Å². The van der Waals surface area contributed by atoms with Crippen LogP contribution in [0.25, 0.3) is 10.1 Å². The molecule has 1 unspecified atom stereocenters. The van der Waals surface area contributed by atoms with Crippen molar-refractivity contribution in [2.24, 2.45) is 0 Å². The van der Waals surface area contributed by atoms with Gasteiger partial charge in [0.1, 0.15) is 0 Å². The van der Waals surface area contributed by atoms with E-state index < -0.39 is 16.0 Å². The number of fused-ring (bicyclic) bond motifs is 1. The van der Waals surface area contributed by atoms with Crippen LogP contribution in [0.2, 0.25) is 0 Å². The van der Waals surface area contributed by atoms with Crippen LogP contribution in [0, 0.1) is 0 Å². The lowest BCUT2D eigenvalue weighted by Gasteiger charge is -2.18. The average molecular weight is 324 g/mol. The van der Waals surface area contributed by atoms with Gasteiger partial charge in [0.2, 0.25) is 0 Å². The highest BCUT2D eigenvalue weighted by atomic mass is 35.5. The van der Waals surface area contributed by atoms with Gasteiger partial charge in [-0.1, -0.05) is 33.8 Å². The Bertz CT molecular complexity index is 606. The molecule has 1 atom stereocenters. The van der Waals surface area contributed by atoms with Crippen molar-refractivity contribution in [3.05, 3.63) is 34.7 Å². The van der Waals surface area contributed by atoms with Gasteiger partial charge >= 0.3 is 5.51 Å². The first-order chi connectivity index (χ1) is 8.64. The van der Waals surface area contributed by atoms with Crippen molar-refractivity contribution in [1.29, 1.82) is 0 Å². The van der Waals surface area contributed by atoms with E-state index in [1.165, 1.54) is 0 Å². The maximum Gasteiger partial charge on any atom is 0.600 e. The fraction of sp³-hybridized carbons (Fsp3) is 0.467. The number of benzene rings is 1. The summed E-state index contributed by atoms with van der Waals surface area (Å²) in [5.74, 6) is 0. The molecular formula is C15H19ClF3S+. The SMILES string of the molecule is CCc1cc2ccc(C(C)(C)C)cc2[s+]1C(F)(F)F.Cl. The molecule has 0 amide bonds. The van der Waals surface area contributed by atoms with Crippen molar-refractivity contribution in [1.82, 2.24) is 0 Å². The highest BCUT2D eigenvalue weighted by Gasteiger charge is 2.47. The molecule has 2 aromatic rings. The lowest BCUT2D eigenvalue weighted by Crippen LogP contribution is -2.10. The maximum atomic E-state index is 13.3. The molecule has 0 saturated heterocycles. The quantitative estimate of drug-likeness (QED) is 0.537. The number of hydrogen-bond acceptors (Lipinski definition) is 0. The standard InChI is InChI=1S/C15H18F3S.ClH/c1-5-12-8-10-6-7-11(14(2,3)4)9-13(10)19(12)15(16,17)18;/h6-9H,5H2,1-4H3;1H/q+1;. The molecule has 0 nitrogen and oxygen atoms in total. The summed E-state index contributed by atoms with van der Waals surface area (Å²) in [6, 6.07) is 7.21. The number of alkyl halides is 3. The number of thiophene rings is 1. The molecule has 1 heterocycles. The van der Waals surface area contributed by atoms with Gasteiger partial charge in [-0.3, -0.25) is 0 Å². The van der Waals surface area contributed by atoms with E-state index in [0.717, 1.165) is 10.9 Å². The zero-order valence-corrected chi connectivity index (χ0v) is 13.6. The lowest BCUT2D eigenvalue weighted by molar-refractivity contribution is -0.0867. The van der Waals surface area contributed by atoms with E-state index in [-0.39, 0.29) is 17.8 Å². The van der Waals surface area contributed by atoms with Gasteiger partial charge in [0.05, 0.1) is 10.5 Å². The smallest absolute Gasteiger partial charge is 0.147 e. The molecule has 1 aromatic heterocycles. The molecule has 20 heavy (non-hydrogen) atoms. The van der Waals surface area contributed by atoms with E-state index in [1.54, 1.807) is 19.1 Å². The van der Waals surface area contributed by atoms with Crippen molar-refractivity contribution < 1.29 is 13.2 Å². The zero-order valence-electron chi connectivity index (χ0n) is 12.0. The molecule has 0 radical (unpaired) electrons. The molecule has 5 heteroatoms. The van der Waals surface area contributed by atoms with Crippen LogP contribution in [0.15, 0.2) is 24.3 Å². The molecule has 112 valence electrons. The zero-order chi connectivity index (χ0) is 14.4. The van der Waals surface area contributed by atoms with E-state index >= 15 is 0 Å². The highest BCUT2D eigenvalue weighted by Crippen LogP contribution is 2.51. The van der Waals surface area contributed by atoms with Gasteiger partial charge in [-0.15, -0.1) is 25.6 Å². The van der Waals surface area contributed by atoms with Crippen LogP contribution in [-0.2, 0) is 17.3 Å². The van der Waals surface area contributed by atoms with Crippen LogP contribution < -0.4 is 0 Å². The minimum Gasteiger partial charge on any atom is -0.147 e. The second-order valence-electron chi connectivity index (χ2n) is 5.72. The van der Waals surface area contributed by atoms with Crippen LogP contribution in [0.3, 0.4) is 0 Å². The molecule has 1 aromatic carbocycles. The minimum absolute atomic E-state index is 0. The first-order valence-electron chi connectivity index (χ1n) is 6.31. The molecule has 0 N–H and O–H groups in total. The molecule has 0 aliphatic rings. The van der Waals surface area contributed by atoms with Crippen molar-refractivity contribution in [2.75, 3.05) is 0 Å². The predicted molar refractivity (Wildman–Crippen MR) is 83.1 cm³/mol. The third kappa shape index (κ3) is 3.12. The van der Waals surface area contributed by atoms with E-state index in [2.05, 4.69) is 0 Å². The van der Waals surface area contributed by atoms with Gasteiger partial charge in [-0.2, -0.15) is 0 Å². The topological polar surface area (TPSA) is 0 Å². The second kappa shape index (κ2) is 5.57. The van der Waals surface area contributed by atoms with Crippen molar-refractivity contribution in [3.63, 3.8) is 0 Å². The highest BCUT2D eigenvalue weighted by molar-refractivity contribution is 7.38. The number of hydrogen-bond donors (Lipinski definition) is 0.